The molecule has 3 aromatic rings. The molecule has 0 amide bonds. The van der Waals surface area contributed by atoms with Gasteiger partial charge in [0.15, 0.2) is 18.1 Å². The van der Waals surface area contributed by atoms with E-state index in [1.807, 2.05) is 0 Å². The summed E-state index contributed by atoms with van der Waals surface area (Å²) in [7, 11) is 3.10. The van der Waals surface area contributed by atoms with E-state index in [4.69, 9.17) is 30.3 Å². The van der Waals surface area contributed by atoms with Crippen LogP contribution in [0.3, 0.4) is 0 Å². The van der Waals surface area contributed by atoms with Gasteiger partial charge in [-0.15, -0.1) is 0 Å². The molecular formula is C17H14ClFN2O4. The molecule has 8 heteroatoms. The molecule has 25 heavy (non-hydrogen) atoms. The van der Waals surface area contributed by atoms with Crippen molar-refractivity contribution < 1.29 is 23.1 Å². The van der Waals surface area contributed by atoms with Gasteiger partial charge in [0, 0.05) is 5.56 Å². The van der Waals surface area contributed by atoms with Crippen LogP contribution in [0.15, 0.2) is 40.9 Å². The van der Waals surface area contributed by atoms with E-state index in [2.05, 4.69) is 10.1 Å². The van der Waals surface area contributed by atoms with E-state index in [0.29, 0.717) is 28.6 Å². The highest BCUT2D eigenvalue weighted by molar-refractivity contribution is 6.32. The minimum atomic E-state index is -0.439. The second kappa shape index (κ2) is 7.40. The van der Waals surface area contributed by atoms with Crippen molar-refractivity contribution in [3.63, 3.8) is 0 Å². The van der Waals surface area contributed by atoms with Crippen LogP contribution in [0, 0.1) is 5.82 Å². The summed E-state index contributed by atoms with van der Waals surface area (Å²) in [5.74, 6) is 1.68. The number of rotatable bonds is 6. The molecule has 0 N–H and O–H groups in total. The van der Waals surface area contributed by atoms with Crippen LogP contribution in [0.2, 0.25) is 5.02 Å². The van der Waals surface area contributed by atoms with Crippen LogP contribution in [0.1, 0.15) is 5.89 Å². The third-order valence-electron chi connectivity index (χ3n) is 3.35. The van der Waals surface area contributed by atoms with Gasteiger partial charge in [0.25, 0.3) is 5.89 Å². The van der Waals surface area contributed by atoms with E-state index in [0.717, 1.165) is 0 Å². The third-order valence-corrected chi connectivity index (χ3v) is 3.65. The summed E-state index contributed by atoms with van der Waals surface area (Å²) < 4.78 is 34.1. The molecule has 0 saturated heterocycles. The maximum Gasteiger partial charge on any atom is 0.264 e. The van der Waals surface area contributed by atoms with E-state index < -0.39 is 5.82 Å². The quantitative estimate of drug-likeness (QED) is 0.655. The number of methoxy groups -OCH3 is 2. The fourth-order valence-electron chi connectivity index (χ4n) is 2.14. The number of hydrogen-bond donors (Lipinski definition) is 0. The maximum atomic E-state index is 13.0. The Kier molecular flexibility index (Phi) is 5.04. The minimum absolute atomic E-state index is 0.00560. The smallest absolute Gasteiger partial charge is 0.264 e. The number of nitrogens with zero attached hydrogens (tertiary/aromatic N) is 2. The summed E-state index contributed by atoms with van der Waals surface area (Å²) in [5.41, 5.74) is 0.701. The number of halogens is 2. The Hall–Kier alpha value is -2.80. The Morgan fingerprint density at radius 3 is 2.52 bits per heavy atom. The van der Waals surface area contributed by atoms with E-state index >= 15 is 0 Å². The molecule has 0 atom stereocenters. The summed E-state index contributed by atoms with van der Waals surface area (Å²) in [6.07, 6.45) is 0. The molecule has 130 valence electrons. The molecule has 0 aliphatic carbocycles. The molecule has 0 bridgehead atoms. The third kappa shape index (κ3) is 3.83. The molecule has 0 spiro atoms. The van der Waals surface area contributed by atoms with Gasteiger partial charge >= 0.3 is 0 Å². The molecule has 3 rings (SSSR count). The van der Waals surface area contributed by atoms with Crippen molar-refractivity contribution in [1.82, 2.24) is 10.1 Å². The van der Waals surface area contributed by atoms with Gasteiger partial charge in [0.05, 0.1) is 19.2 Å². The summed E-state index contributed by atoms with van der Waals surface area (Å²) in [5, 5.41) is 4.08. The van der Waals surface area contributed by atoms with Gasteiger partial charge in [-0.1, -0.05) is 16.8 Å². The van der Waals surface area contributed by atoms with E-state index in [9.17, 15) is 4.39 Å². The number of hydrogen-bond acceptors (Lipinski definition) is 6. The molecule has 0 aliphatic rings. The molecule has 0 radical (unpaired) electrons. The standard InChI is InChI=1S/C17H14ClFN2O4/c1-22-14-5-3-10(7-15(14)23-2)17-20-16(25-21-17)9-24-13-6-4-11(19)8-12(13)18/h3-8H,9H2,1-2H3. The lowest BCUT2D eigenvalue weighted by molar-refractivity contribution is 0.243. The van der Waals surface area contributed by atoms with Crippen LogP contribution < -0.4 is 14.2 Å². The molecule has 1 heterocycles. The lowest BCUT2D eigenvalue weighted by Gasteiger charge is -2.07. The molecule has 2 aromatic carbocycles. The topological polar surface area (TPSA) is 66.6 Å². The van der Waals surface area contributed by atoms with Crippen LogP contribution >= 0.6 is 11.6 Å². The van der Waals surface area contributed by atoms with Gasteiger partial charge in [0.1, 0.15) is 11.6 Å². The number of ether oxygens (including phenoxy) is 3. The summed E-state index contributed by atoms with van der Waals surface area (Å²) >= 11 is 5.90. The van der Waals surface area contributed by atoms with E-state index in [-0.39, 0.29) is 17.5 Å². The van der Waals surface area contributed by atoms with Crippen molar-refractivity contribution >= 4 is 11.6 Å². The van der Waals surface area contributed by atoms with Crippen LogP contribution in [0.25, 0.3) is 11.4 Å². The highest BCUT2D eigenvalue weighted by Gasteiger charge is 2.13. The highest BCUT2D eigenvalue weighted by atomic mass is 35.5. The van der Waals surface area contributed by atoms with Crippen LogP contribution in [0.5, 0.6) is 17.2 Å². The van der Waals surface area contributed by atoms with E-state index in [1.54, 1.807) is 32.4 Å². The van der Waals surface area contributed by atoms with Crippen molar-refractivity contribution in [2.24, 2.45) is 0 Å². The van der Waals surface area contributed by atoms with Gasteiger partial charge in [-0.25, -0.2) is 4.39 Å². The Morgan fingerprint density at radius 1 is 1.04 bits per heavy atom. The lowest BCUT2D eigenvalue weighted by atomic mass is 10.2. The van der Waals surface area contributed by atoms with Gasteiger partial charge in [-0.2, -0.15) is 4.98 Å². The molecular weight excluding hydrogens is 351 g/mol. The van der Waals surface area contributed by atoms with Crippen LogP contribution in [-0.2, 0) is 6.61 Å². The molecule has 0 saturated carbocycles. The fraction of sp³-hybridized carbons (Fsp3) is 0.176. The van der Waals surface area contributed by atoms with Crippen LogP contribution in [-0.4, -0.2) is 24.4 Å². The zero-order chi connectivity index (χ0) is 17.8. The average molecular weight is 365 g/mol. The predicted octanol–water partition coefficient (Wildman–Crippen LogP) is 4.13. The van der Waals surface area contributed by atoms with Crippen molar-refractivity contribution in [1.29, 1.82) is 0 Å². The van der Waals surface area contributed by atoms with Crippen molar-refractivity contribution in [2.45, 2.75) is 6.61 Å². The van der Waals surface area contributed by atoms with Crippen molar-refractivity contribution in [3.05, 3.63) is 53.1 Å². The Bertz CT molecular complexity index is 885. The number of aromatic nitrogens is 2. The first kappa shape index (κ1) is 17.0. The van der Waals surface area contributed by atoms with Crippen molar-refractivity contribution in [2.75, 3.05) is 14.2 Å². The molecule has 1 aromatic heterocycles. The SMILES string of the molecule is COc1ccc(-c2noc(COc3ccc(F)cc3Cl)n2)cc1OC. The average Bonchev–Trinajstić information content (AvgIpc) is 3.09. The second-order valence-electron chi connectivity index (χ2n) is 4.94. The van der Waals surface area contributed by atoms with Crippen LogP contribution in [0.4, 0.5) is 4.39 Å². The zero-order valence-corrected chi connectivity index (χ0v) is 14.2. The lowest BCUT2D eigenvalue weighted by Crippen LogP contribution is -1.96. The zero-order valence-electron chi connectivity index (χ0n) is 13.5. The maximum absolute atomic E-state index is 13.0. The number of benzene rings is 2. The Morgan fingerprint density at radius 2 is 1.80 bits per heavy atom. The normalized spacial score (nSPS) is 10.6. The monoisotopic (exact) mass is 364 g/mol. The largest absolute Gasteiger partial charge is 0.493 e. The Balaban J connectivity index is 1.74. The summed E-state index contributed by atoms with van der Waals surface area (Å²) in [6, 6.07) is 9.13. The predicted molar refractivity (Wildman–Crippen MR) is 88.6 cm³/mol. The van der Waals surface area contributed by atoms with E-state index in [1.165, 1.54) is 18.2 Å². The van der Waals surface area contributed by atoms with Gasteiger partial charge < -0.3 is 18.7 Å². The van der Waals surface area contributed by atoms with Gasteiger partial charge in [-0.05, 0) is 36.4 Å². The Labute approximate surface area is 148 Å². The second-order valence-corrected chi connectivity index (χ2v) is 5.35. The van der Waals surface area contributed by atoms with Crippen molar-refractivity contribution in [3.8, 4) is 28.6 Å². The van der Waals surface area contributed by atoms with Gasteiger partial charge in [0.2, 0.25) is 5.82 Å². The van der Waals surface area contributed by atoms with Gasteiger partial charge in [-0.3, -0.25) is 0 Å². The minimum Gasteiger partial charge on any atom is -0.493 e. The molecule has 6 nitrogen and oxygen atoms in total. The first-order chi connectivity index (χ1) is 12.1. The first-order valence-electron chi connectivity index (χ1n) is 7.23. The first-order valence-corrected chi connectivity index (χ1v) is 7.61. The summed E-state index contributed by atoms with van der Waals surface area (Å²) in [6.45, 7) is 0.00560. The fourth-order valence-corrected chi connectivity index (χ4v) is 2.36. The molecule has 0 aliphatic heterocycles. The molecule has 0 unspecified atom stereocenters. The molecule has 0 fully saturated rings. The highest BCUT2D eigenvalue weighted by Crippen LogP contribution is 2.31. The summed E-state index contributed by atoms with van der Waals surface area (Å²) in [4.78, 5) is 4.26.